The lowest BCUT2D eigenvalue weighted by Crippen LogP contribution is -2.27. The maximum Gasteiger partial charge on any atom is 0.261 e. The number of phenolic OH excluding ortho intramolecular Hbond substituents is 1. The molecule has 6 heteroatoms. The van der Waals surface area contributed by atoms with Gasteiger partial charge >= 0.3 is 0 Å². The first-order valence-corrected chi connectivity index (χ1v) is 7.69. The summed E-state index contributed by atoms with van der Waals surface area (Å²) in [7, 11) is 0. The molecule has 1 aromatic carbocycles. The Bertz CT molecular complexity index is 696. The predicted molar refractivity (Wildman–Crippen MR) is 82.9 cm³/mol. The Labute approximate surface area is 126 Å². The minimum atomic E-state index is -0.341. The van der Waals surface area contributed by atoms with Crippen LogP contribution in [0.25, 0.3) is 0 Å². The number of hydrogen-bond acceptors (Lipinski definition) is 5. The number of thiazole rings is 1. The Hall–Kier alpha value is -1.92. The summed E-state index contributed by atoms with van der Waals surface area (Å²) in [6, 6.07) is 5.13. The van der Waals surface area contributed by atoms with E-state index in [0.717, 1.165) is 35.4 Å². The van der Waals surface area contributed by atoms with Crippen molar-refractivity contribution in [3.63, 3.8) is 0 Å². The normalized spacial score (nSPS) is 17.3. The van der Waals surface area contributed by atoms with Gasteiger partial charge in [0.2, 0.25) is 0 Å². The molecule has 0 spiro atoms. The van der Waals surface area contributed by atoms with Crippen molar-refractivity contribution in [2.75, 3.05) is 5.32 Å². The van der Waals surface area contributed by atoms with Crippen LogP contribution in [0.4, 0.5) is 5.13 Å². The molecule has 2 aromatic rings. The molecule has 1 aromatic heterocycles. The van der Waals surface area contributed by atoms with Gasteiger partial charge in [0.25, 0.3) is 5.91 Å². The van der Waals surface area contributed by atoms with E-state index in [4.69, 9.17) is 5.73 Å². The van der Waals surface area contributed by atoms with E-state index < -0.39 is 0 Å². The molecule has 1 aliphatic rings. The van der Waals surface area contributed by atoms with Gasteiger partial charge in [-0.2, -0.15) is 0 Å². The highest BCUT2D eigenvalue weighted by atomic mass is 32.1. The molecule has 3 rings (SSSR count). The number of nitrogens with zero attached hydrogens (tertiary/aromatic N) is 1. The third-order valence-corrected chi connectivity index (χ3v) is 4.63. The Morgan fingerprint density at radius 3 is 3.14 bits per heavy atom. The second kappa shape index (κ2) is 5.46. The second-order valence-corrected chi connectivity index (χ2v) is 6.45. The standard InChI is InChI=1S/C15H17N3O2S/c1-8-2-5-12(19)10(6-8)14(20)18-15-17-11-4-3-9(16)7-13(11)21-15/h2,5-6,9,19H,3-4,7,16H2,1H3,(H,17,18,20)/t9-/m0/s1. The van der Waals surface area contributed by atoms with Gasteiger partial charge in [0.1, 0.15) is 5.75 Å². The van der Waals surface area contributed by atoms with Crippen LogP contribution in [-0.4, -0.2) is 22.0 Å². The van der Waals surface area contributed by atoms with Crippen LogP contribution < -0.4 is 11.1 Å². The number of aromatic nitrogens is 1. The number of nitrogens with two attached hydrogens (primary N) is 1. The lowest BCUT2D eigenvalue weighted by atomic mass is 9.99. The van der Waals surface area contributed by atoms with Gasteiger partial charge < -0.3 is 10.8 Å². The fourth-order valence-electron chi connectivity index (χ4n) is 2.45. The highest BCUT2D eigenvalue weighted by Crippen LogP contribution is 2.30. The van der Waals surface area contributed by atoms with Gasteiger partial charge in [-0.15, -0.1) is 11.3 Å². The molecular weight excluding hydrogens is 286 g/mol. The average Bonchev–Trinajstić information content (AvgIpc) is 2.82. The van der Waals surface area contributed by atoms with Gasteiger partial charge in [0.15, 0.2) is 5.13 Å². The van der Waals surface area contributed by atoms with Gasteiger partial charge in [-0.05, 0) is 38.3 Å². The topological polar surface area (TPSA) is 88.2 Å². The monoisotopic (exact) mass is 303 g/mol. The molecule has 110 valence electrons. The smallest absolute Gasteiger partial charge is 0.261 e. The van der Waals surface area contributed by atoms with Gasteiger partial charge in [0.05, 0.1) is 11.3 Å². The fraction of sp³-hybridized carbons (Fsp3) is 0.333. The Balaban J connectivity index is 1.80. The molecule has 5 nitrogen and oxygen atoms in total. The molecule has 0 aliphatic heterocycles. The lowest BCUT2D eigenvalue weighted by Gasteiger charge is -2.15. The lowest BCUT2D eigenvalue weighted by molar-refractivity contribution is 0.102. The third kappa shape index (κ3) is 2.91. The maximum atomic E-state index is 12.2. The second-order valence-electron chi connectivity index (χ2n) is 5.37. The van der Waals surface area contributed by atoms with Crippen LogP contribution in [0.2, 0.25) is 0 Å². The molecule has 1 heterocycles. The maximum absolute atomic E-state index is 12.2. The Kier molecular flexibility index (Phi) is 3.65. The van der Waals surface area contributed by atoms with Crippen molar-refractivity contribution >= 4 is 22.4 Å². The number of rotatable bonds is 2. The van der Waals surface area contributed by atoms with Gasteiger partial charge in [-0.3, -0.25) is 10.1 Å². The molecule has 0 saturated carbocycles. The van der Waals surface area contributed by atoms with Gasteiger partial charge in [-0.25, -0.2) is 4.98 Å². The molecule has 0 fully saturated rings. The van der Waals surface area contributed by atoms with E-state index in [0.29, 0.717) is 5.13 Å². The number of amides is 1. The predicted octanol–water partition coefficient (Wildman–Crippen LogP) is 2.23. The van der Waals surface area contributed by atoms with E-state index in [2.05, 4.69) is 10.3 Å². The number of aromatic hydroxyl groups is 1. The Morgan fingerprint density at radius 2 is 2.33 bits per heavy atom. The SMILES string of the molecule is Cc1ccc(O)c(C(=O)Nc2nc3c(s2)C[C@@H](N)CC3)c1. The summed E-state index contributed by atoms with van der Waals surface area (Å²) < 4.78 is 0. The molecule has 21 heavy (non-hydrogen) atoms. The zero-order chi connectivity index (χ0) is 15.0. The zero-order valence-corrected chi connectivity index (χ0v) is 12.5. The number of nitrogens with one attached hydrogen (secondary N) is 1. The first kappa shape index (κ1) is 14.0. The van der Waals surface area contributed by atoms with E-state index in [1.165, 1.54) is 17.4 Å². The van der Waals surface area contributed by atoms with Crippen molar-refractivity contribution in [2.45, 2.75) is 32.2 Å². The van der Waals surface area contributed by atoms with Crippen molar-refractivity contribution < 1.29 is 9.90 Å². The third-order valence-electron chi connectivity index (χ3n) is 3.59. The summed E-state index contributed by atoms with van der Waals surface area (Å²) >= 11 is 1.47. The van der Waals surface area contributed by atoms with E-state index in [1.807, 2.05) is 6.92 Å². The summed E-state index contributed by atoms with van der Waals surface area (Å²) in [5.41, 5.74) is 8.16. The first-order valence-electron chi connectivity index (χ1n) is 6.88. The van der Waals surface area contributed by atoms with Gasteiger partial charge in [-0.1, -0.05) is 11.6 Å². The quantitative estimate of drug-likeness (QED) is 0.794. The van der Waals surface area contributed by atoms with Crippen molar-refractivity contribution in [3.8, 4) is 5.75 Å². The number of carbonyl (C=O) groups excluding carboxylic acids is 1. The number of hydrogen-bond donors (Lipinski definition) is 3. The van der Waals surface area contributed by atoms with E-state index >= 15 is 0 Å². The molecule has 0 unspecified atom stereocenters. The number of aryl methyl sites for hydroxylation is 2. The number of anilines is 1. The number of fused-ring (bicyclic) bond motifs is 1. The van der Waals surface area contributed by atoms with Crippen molar-refractivity contribution in [2.24, 2.45) is 5.73 Å². The number of phenols is 1. The van der Waals surface area contributed by atoms with Crippen LogP contribution in [0.15, 0.2) is 18.2 Å². The molecule has 1 amide bonds. The van der Waals surface area contributed by atoms with Gasteiger partial charge in [0, 0.05) is 10.9 Å². The van der Waals surface area contributed by atoms with Crippen LogP contribution in [0.1, 0.15) is 32.9 Å². The van der Waals surface area contributed by atoms with Crippen molar-refractivity contribution in [1.82, 2.24) is 4.98 Å². The fourth-order valence-corrected chi connectivity index (χ4v) is 3.55. The summed E-state index contributed by atoms with van der Waals surface area (Å²) in [5, 5.41) is 13.1. The van der Waals surface area contributed by atoms with Crippen molar-refractivity contribution in [1.29, 1.82) is 0 Å². The summed E-state index contributed by atoms with van der Waals surface area (Å²) in [4.78, 5) is 17.8. The first-order chi connectivity index (χ1) is 10.0. The van der Waals surface area contributed by atoms with Crippen LogP contribution in [0, 0.1) is 6.92 Å². The van der Waals surface area contributed by atoms with E-state index in [-0.39, 0.29) is 23.3 Å². The summed E-state index contributed by atoms with van der Waals surface area (Å²) in [6.45, 7) is 1.87. The molecule has 0 saturated heterocycles. The minimum Gasteiger partial charge on any atom is -0.507 e. The Morgan fingerprint density at radius 1 is 1.52 bits per heavy atom. The largest absolute Gasteiger partial charge is 0.507 e. The molecule has 1 aliphatic carbocycles. The molecule has 0 bridgehead atoms. The molecular formula is C15H17N3O2S. The zero-order valence-electron chi connectivity index (χ0n) is 11.7. The van der Waals surface area contributed by atoms with Crippen LogP contribution in [0.3, 0.4) is 0 Å². The molecule has 0 radical (unpaired) electrons. The summed E-state index contributed by atoms with van der Waals surface area (Å²) in [6.07, 6.45) is 2.61. The average molecular weight is 303 g/mol. The van der Waals surface area contributed by atoms with E-state index in [1.54, 1.807) is 12.1 Å². The van der Waals surface area contributed by atoms with E-state index in [9.17, 15) is 9.90 Å². The van der Waals surface area contributed by atoms with Crippen LogP contribution in [0.5, 0.6) is 5.75 Å². The summed E-state index contributed by atoms with van der Waals surface area (Å²) in [5.74, 6) is -0.368. The molecule has 1 atom stereocenters. The highest BCUT2D eigenvalue weighted by molar-refractivity contribution is 7.15. The molecule has 4 N–H and O–H groups in total. The van der Waals surface area contributed by atoms with Crippen molar-refractivity contribution in [3.05, 3.63) is 39.9 Å². The highest BCUT2D eigenvalue weighted by Gasteiger charge is 2.21. The van der Waals surface area contributed by atoms with Crippen LogP contribution >= 0.6 is 11.3 Å². The minimum absolute atomic E-state index is 0.0264. The number of benzene rings is 1. The van der Waals surface area contributed by atoms with Crippen LogP contribution in [-0.2, 0) is 12.8 Å². The number of carbonyl (C=O) groups is 1.